The molecule has 0 bridgehead atoms. The molecule has 7 aliphatic rings. The summed E-state index contributed by atoms with van der Waals surface area (Å²) >= 11 is 0. The molecule has 2 spiro atoms. The van der Waals surface area contributed by atoms with E-state index in [9.17, 15) is 19.4 Å². The van der Waals surface area contributed by atoms with Crippen LogP contribution < -0.4 is 0 Å². The summed E-state index contributed by atoms with van der Waals surface area (Å²) in [6.45, 7) is 17.3. The van der Waals surface area contributed by atoms with Gasteiger partial charge in [-0.25, -0.2) is 4.39 Å². The van der Waals surface area contributed by atoms with Crippen molar-refractivity contribution in [1.29, 1.82) is 0 Å². The van der Waals surface area contributed by atoms with Crippen LogP contribution in [0.5, 0.6) is 0 Å². The summed E-state index contributed by atoms with van der Waals surface area (Å²) in [5, 5.41) is 21.7. The summed E-state index contributed by atoms with van der Waals surface area (Å²) in [7, 11) is 0. The summed E-state index contributed by atoms with van der Waals surface area (Å²) in [4.78, 5) is 15.0. The molecule has 1 aromatic rings. The molecule has 2 heterocycles. The number of halogens is 1. The van der Waals surface area contributed by atoms with E-state index in [1.807, 2.05) is 4.90 Å². The molecule has 0 radical (unpaired) electrons. The van der Waals surface area contributed by atoms with Crippen LogP contribution in [-0.4, -0.2) is 77.0 Å². The number of aliphatic hydroxyl groups is 2. The van der Waals surface area contributed by atoms with Gasteiger partial charge in [0, 0.05) is 6.54 Å². The molecule has 8 rings (SSSR count). The molecule has 2 saturated heterocycles. The van der Waals surface area contributed by atoms with Gasteiger partial charge in [0.15, 0.2) is 6.29 Å². The number of hydrogen-bond acceptors (Lipinski definition) is 6. The van der Waals surface area contributed by atoms with Gasteiger partial charge in [-0.3, -0.25) is 4.79 Å². The summed E-state index contributed by atoms with van der Waals surface area (Å²) in [6, 6.07) is 6.18. The van der Waals surface area contributed by atoms with Crippen LogP contribution in [0.1, 0.15) is 112 Å². The van der Waals surface area contributed by atoms with Crippen molar-refractivity contribution in [1.82, 2.24) is 4.90 Å². The SMILES string of the molecule is C[C@@H]1CC([C@H](O)C(C)(C)O)OC2C[C@@]3(C)[C@@H]4CCC5C(C)(C)[C@@H](OC6CN(C(=O)Cc7ccc(F)cc7)CCO6)CC[C@@]56C[C@@]46CC[C@]3(C)C21. The average molecular weight is 696 g/mol. The second-order valence-electron chi connectivity index (χ2n) is 19.7. The minimum atomic E-state index is -1.18. The topological polar surface area (TPSA) is 88.5 Å². The van der Waals surface area contributed by atoms with Gasteiger partial charge in [0.25, 0.3) is 0 Å². The lowest BCUT2D eigenvalue weighted by molar-refractivity contribution is -0.246. The highest BCUT2D eigenvalue weighted by molar-refractivity contribution is 5.78. The first-order valence-electron chi connectivity index (χ1n) is 19.8. The Kier molecular flexibility index (Phi) is 8.30. The van der Waals surface area contributed by atoms with Crippen molar-refractivity contribution in [2.75, 3.05) is 19.7 Å². The zero-order chi connectivity index (χ0) is 35.6. The molecule has 5 saturated carbocycles. The van der Waals surface area contributed by atoms with E-state index in [0.717, 1.165) is 24.8 Å². The Labute approximate surface area is 299 Å². The van der Waals surface area contributed by atoms with Gasteiger partial charge >= 0.3 is 0 Å². The number of nitrogens with zero attached hydrogens (tertiary/aromatic N) is 1. The maximum absolute atomic E-state index is 13.4. The van der Waals surface area contributed by atoms with E-state index in [1.54, 1.807) is 26.0 Å². The fourth-order valence-corrected chi connectivity index (χ4v) is 14.2. The number of carbonyl (C=O) groups excluding carboxylic acids is 1. The van der Waals surface area contributed by atoms with E-state index < -0.39 is 18.0 Å². The van der Waals surface area contributed by atoms with Gasteiger partial charge < -0.3 is 29.3 Å². The highest BCUT2D eigenvalue weighted by Crippen LogP contribution is 2.89. The molecule has 7 nitrogen and oxygen atoms in total. The van der Waals surface area contributed by atoms with Crippen molar-refractivity contribution >= 4 is 5.91 Å². The third-order valence-corrected chi connectivity index (χ3v) is 16.7. The Balaban J connectivity index is 0.959. The highest BCUT2D eigenvalue weighted by atomic mass is 19.1. The molecule has 1 amide bonds. The van der Waals surface area contributed by atoms with Crippen molar-refractivity contribution in [3.63, 3.8) is 0 Å². The van der Waals surface area contributed by atoms with Crippen LogP contribution in [0.3, 0.4) is 0 Å². The molecule has 50 heavy (non-hydrogen) atoms. The summed E-state index contributed by atoms with van der Waals surface area (Å²) < 4.78 is 33.2. The van der Waals surface area contributed by atoms with E-state index in [4.69, 9.17) is 14.2 Å². The Hall–Kier alpha value is -1.58. The van der Waals surface area contributed by atoms with Gasteiger partial charge in [-0.1, -0.05) is 46.8 Å². The molecular formula is C42H62FNO6. The normalized spacial score (nSPS) is 46.9. The molecule has 278 valence electrons. The van der Waals surface area contributed by atoms with E-state index in [-0.39, 0.29) is 52.7 Å². The average Bonchev–Trinajstić information content (AvgIpc) is 3.65. The largest absolute Gasteiger partial charge is 0.388 e. The Morgan fingerprint density at radius 1 is 1.04 bits per heavy atom. The third kappa shape index (κ3) is 5.07. The smallest absolute Gasteiger partial charge is 0.227 e. The molecule has 2 N–H and O–H groups in total. The fourth-order valence-electron chi connectivity index (χ4n) is 14.2. The zero-order valence-corrected chi connectivity index (χ0v) is 31.6. The first-order chi connectivity index (χ1) is 23.4. The Bertz CT molecular complexity index is 1480. The van der Waals surface area contributed by atoms with Crippen LogP contribution in [-0.2, 0) is 25.4 Å². The minimum absolute atomic E-state index is 0.000120. The van der Waals surface area contributed by atoms with Gasteiger partial charge in [-0.2, -0.15) is 0 Å². The van der Waals surface area contributed by atoms with Crippen molar-refractivity contribution < 1.29 is 33.6 Å². The maximum Gasteiger partial charge on any atom is 0.227 e. The number of hydrogen-bond donors (Lipinski definition) is 2. The lowest BCUT2D eigenvalue weighted by Gasteiger charge is -2.63. The number of amides is 1. The number of fused-ring (bicyclic) bond motifs is 4. The maximum atomic E-state index is 13.4. The van der Waals surface area contributed by atoms with Crippen LogP contribution in [0.2, 0.25) is 0 Å². The van der Waals surface area contributed by atoms with Crippen molar-refractivity contribution in [3.8, 4) is 0 Å². The van der Waals surface area contributed by atoms with Gasteiger partial charge in [0.2, 0.25) is 5.91 Å². The van der Waals surface area contributed by atoms with Crippen LogP contribution >= 0.6 is 0 Å². The predicted octanol–water partition coefficient (Wildman–Crippen LogP) is 6.91. The zero-order valence-electron chi connectivity index (χ0n) is 31.6. The number of carbonyl (C=O) groups is 1. The number of aliphatic hydroxyl groups excluding tert-OH is 1. The lowest BCUT2D eigenvalue weighted by Crippen LogP contribution is -2.59. The van der Waals surface area contributed by atoms with Crippen LogP contribution in [0.25, 0.3) is 0 Å². The van der Waals surface area contributed by atoms with E-state index in [0.29, 0.717) is 54.2 Å². The Morgan fingerprint density at radius 2 is 1.74 bits per heavy atom. The number of morpholine rings is 1. The van der Waals surface area contributed by atoms with E-state index in [1.165, 1.54) is 50.7 Å². The quantitative estimate of drug-likeness (QED) is 0.336. The monoisotopic (exact) mass is 695 g/mol. The molecule has 2 aliphatic heterocycles. The number of benzene rings is 1. The Morgan fingerprint density at radius 3 is 2.46 bits per heavy atom. The first kappa shape index (κ1) is 35.4. The molecular weight excluding hydrogens is 633 g/mol. The second kappa shape index (κ2) is 11.7. The molecule has 8 heteroatoms. The van der Waals surface area contributed by atoms with Crippen molar-refractivity contribution in [3.05, 3.63) is 35.6 Å². The summed E-state index contributed by atoms with van der Waals surface area (Å²) in [5.74, 6) is 1.95. The van der Waals surface area contributed by atoms with Gasteiger partial charge in [0.05, 0.1) is 43.5 Å². The third-order valence-electron chi connectivity index (χ3n) is 16.7. The van der Waals surface area contributed by atoms with Gasteiger partial charge in [0.1, 0.15) is 11.9 Å². The molecule has 0 aromatic heterocycles. The molecule has 13 atom stereocenters. The van der Waals surface area contributed by atoms with Crippen LogP contribution in [0.4, 0.5) is 4.39 Å². The fraction of sp³-hybridized carbons (Fsp3) is 0.833. The van der Waals surface area contributed by atoms with Crippen LogP contribution in [0.15, 0.2) is 24.3 Å². The lowest BCUT2D eigenvalue weighted by atomic mass is 9.41. The van der Waals surface area contributed by atoms with Gasteiger partial charge in [-0.15, -0.1) is 0 Å². The molecule has 5 aliphatic carbocycles. The van der Waals surface area contributed by atoms with Crippen LogP contribution in [0, 0.1) is 56.6 Å². The van der Waals surface area contributed by atoms with Crippen molar-refractivity contribution in [2.45, 2.75) is 149 Å². The molecule has 7 fully saturated rings. The standard InChI is InChI=1S/C42H62FNO6/c1-25-20-28(36(46)38(4,5)47)49-29-22-40(7)31-13-12-30-37(2,3)32(14-15-41(30)24-42(31,41)17-16-39(40,6)35(25)29)50-34-23-44(18-19-48-34)33(45)21-26-8-10-27(43)11-9-26/h8-11,25,28-32,34-36,46-47H,12-24H2,1-7H3/t25-,28?,29?,30?,31+,32+,34?,35?,36+,39-,40+,41-,42+/m1/s1. The van der Waals surface area contributed by atoms with Crippen molar-refractivity contribution in [2.24, 2.45) is 50.7 Å². The van der Waals surface area contributed by atoms with Gasteiger partial charge in [-0.05, 0) is 140 Å². The minimum Gasteiger partial charge on any atom is -0.388 e. The van der Waals surface area contributed by atoms with E-state index in [2.05, 4.69) is 34.6 Å². The number of ether oxygens (including phenoxy) is 3. The molecule has 1 aromatic carbocycles. The van der Waals surface area contributed by atoms with E-state index >= 15 is 0 Å². The summed E-state index contributed by atoms with van der Waals surface area (Å²) in [6.07, 6.45) is 9.31. The highest BCUT2D eigenvalue weighted by Gasteiger charge is 2.83. The first-order valence-corrected chi connectivity index (χ1v) is 19.8. The number of rotatable bonds is 6. The predicted molar refractivity (Wildman–Crippen MR) is 188 cm³/mol. The second-order valence-corrected chi connectivity index (χ2v) is 19.7. The summed E-state index contributed by atoms with van der Waals surface area (Å²) in [5.41, 5.74) is 0.794. The molecule has 5 unspecified atom stereocenters.